The highest BCUT2D eigenvalue weighted by Crippen LogP contribution is 2.21. The molecule has 0 aliphatic heterocycles. The van der Waals surface area contributed by atoms with Crippen LogP contribution >= 0.6 is 0 Å². The van der Waals surface area contributed by atoms with Gasteiger partial charge in [-0.2, -0.15) is 0 Å². The largest absolute Gasteiger partial charge is 0.483 e. The molecule has 0 fully saturated rings. The van der Waals surface area contributed by atoms with E-state index in [1.54, 1.807) is 25.1 Å². The van der Waals surface area contributed by atoms with Gasteiger partial charge in [-0.1, -0.05) is 54.6 Å². The molecule has 2 N–H and O–H groups in total. The van der Waals surface area contributed by atoms with Gasteiger partial charge in [0.15, 0.2) is 6.61 Å². The average molecular weight is 375 g/mol. The first kappa shape index (κ1) is 19.1. The molecular weight excluding hydrogens is 354 g/mol. The van der Waals surface area contributed by atoms with Crippen LogP contribution in [0.25, 0.3) is 0 Å². The van der Waals surface area contributed by atoms with Crippen LogP contribution in [0.5, 0.6) is 5.75 Å². The summed E-state index contributed by atoms with van der Waals surface area (Å²) in [4.78, 5) is 28.1. The van der Waals surface area contributed by atoms with Crippen LogP contribution in [-0.2, 0) is 11.2 Å². The Morgan fingerprint density at radius 2 is 1.64 bits per heavy atom. The summed E-state index contributed by atoms with van der Waals surface area (Å²) in [5.41, 5.74) is 7.76. The van der Waals surface area contributed by atoms with E-state index in [9.17, 15) is 9.59 Å². The number of aryl methyl sites for hydroxylation is 1. The second kappa shape index (κ2) is 9.32. The zero-order chi connectivity index (χ0) is 19.8. The Hall–Kier alpha value is -3.67. The molecule has 0 aliphatic carbocycles. The molecule has 0 unspecified atom stereocenters. The zero-order valence-corrected chi connectivity index (χ0v) is 15.5. The predicted molar refractivity (Wildman–Crippen MR) is 106 cm³/mol. The number of ether oxygens (including phenoxy) is 1. The summed E-state index contributed by atoms with van der Waals surface area (Å²) in [5, 5.41) is 0. The number of aromatic nitrogens is 1. The van der Waals surface area contributed by atoms with Gasteiger partial charge in [-0.25, -0.2) is 4.98 Å². The van der Waals surface area contributed by atoms with Crippen LogP contribution in [0.2, 0.25) is 0 Å². The number of benzene rings is 2. The molecule has 0 saturated heterocycles. The van der Waals surface area contributed by atoms with E-state index in [0.29, 0.717) is 12.2 Å². The van der Waals surface area contributed by atoms with Crippen LogP contribution in [-0.4, -0.2) is 23.4 Å². The normalized spacial score (nSPS) is 10.2. The maximum atomic E-state index is 12.0. The number of hydrazine groups is 1. The Balaban J connectivity index is 1.53. The third kappa shape index (κ3) is 5.41. The second-order valence-corrected chi connectivity index (χ2v) is 6.23. The Labute approximate surface area is 163 Å². The van der Waals surface area contributed by atoms with Crippen molar-refractivity contribution >= 4 is 11.8 Å². The number of hydrogen-bond donors (Lipinski definition) is 2. The van der Waals surface area contributed by atoms with Gasteiger partial charge >= 0.3 is 0 Å². The third-order valence-corrected chi connectivity index (χ3v) is 4.01. The fraction of sp³-hybridized carbons (Fsp3) is 0.136. The van der Waals surface area contributed by atoms with Crippen LogP contribution < -0.4 is 15.6 Å². The van der Waals surface area contributed by atoms with Gasteiger partial charge in [0.2, 0.25) is 0 Å². The molecule has 1 heterocycles. The van der Waals surface area contributed by atoms with Crippen molar-refractivity contribution in [1.29, 1.82) is 0 Å². The van der Waals surface area contributed by atoms with Crippen molar-refractivity contribution in [3.8, 4) is 5.75 Å². The minimum atomic E-state index is -0.485. The van der Waals surface area contributed by atoms with E-state index < -0.39 is 11.8 Å². The van der Waals surface area contributed by atoms with Crippen molar-refractivity contribution in [2.45, 2.75) is 13.3 Å². The van der Waals surface area contributed by atoms with Crippen LogP contribution in [0, 0.1) is 6.92 Å². The number of hydrogen-bond acceptors (Lipinski definition) is 4. The topological polar surface area (TPSA) is 80.3 Å². The van der Waals surface area contributed by atoms with Gasteiger partial charge < -0.3 is 4.74 Å². The molecule has 1 aromatic heterocycles. The van der Waals surface area contributed by atoms with Gasteiger partial charge in [0.25, 0.3) is 11.8 Å². The van der Waals surface area contributed by atoms with Gasteiger partial charge in [0.05, 0.1) is 0 Å². The Bertz CT molecular complexity index is 958. The lowest BCUT2D eigenvalue weighted by Crippen LogP contribution is -2.44. The molecule has 2 aromatic carbocycles. The van der Waals surface area contributed by atoms with E-state index in [-0.39, 0.29) is 12.3 Å². The first-order chi connectivity index (χ1) is 13.6. The fourth-order valence-corrected chi connectivity index (χ4v) is 2.65. The predicted octanol–water partition coefficient (Wildman–Crippen LogP) is 2.82. The van der Waals surface area contributed by atoms with E-state index in [2.05, 4.69) is 15.8 Å². The van der Waals surface area contributed by atoms with E-state index >= 15 is 0 Å². The minimum Gasteiger partial charge on any atom is -0.483 e. The number of nitrogens with zero attached hydrogens (tertiary/aromatic N) is 1. The molecule has 0 spiro atoms. The van der Waals surface area contributed by atoms with Gasteiger partial charge in [0, 0.05) is 12.1 Å². The number of rotatable bonds is 6. The molecule has 6 nitrogen and oxygen atoms in total. The molecule has 3 rings (SSSR count). The minimum absolute atomic E-state index is 0.215. The molecule has 0 aliphatic rings. The zero-order valence-electron chi connectivity index (χ0n) is 15.5. The van der Waals surface area contributed by atoms with Crippen LogP contribution in [0.15, 0.2) is 72.8 Å². The van der Waals surface area contributed by atoms with E-state index in [1.165, 1.54) is 0 Å². The molecule has 0 bridgehead atoms. The van der Waals surface area contributed by atoms with E-state index in [4.69, 9.17) is 4.74 Å². The molecule has 2 amide bonds. The molecule has 0 radical (unpaired) electrons. The van der Waals surface area contributed by atoms with Crippen molar-refractivity contribution < 1.29 is 14.3 Å². The highest BCUT2D eigenvalue weighted by Gasteiger charge is 2.10. The molecule has 0 atom stereocenters. The van der Waals surface area contributed by atoms with Gasteiger partial charge in [-0.3, -0.25) is 20.4 Å². The van der Waals surface area contributed by atoms with Gasteiger partial charge in [0.1, 0.15) is 11.4 Å². The van der Waals surface area contributed by atoms with Crippen molar-refractivity contribution in [2.75, 3.05) is 6.61 Å². The number of pyridine rings is 1. The number of amides is 2. The Morgan fingerprint density at radius 1 is 0.893 bits per heavy atom. The van der Waals surface area contributed by atoms with Crippen LogP contribution in [0.4, 0.5) is 0 Å². The fourth-order valence-electron chi connectivity index (χ4n) is 2.65. The lowest BCUT2D eigenvalue weighted by atomic mass is 10.0. The van der Waals surface area contributed by atoms with Crippen molar-refractivity contribution in [1.82, 2.24) is 15.8 Å². The third-order valence-electron chi connectivity index (χ3n) is 4.01. The summed E-state index contributed by atoms with van der Waals surface area (Å²) in [7, 11) is 0. The van der Waals surface area contributed by atoms with Gasteiger partial charge in [-0.15, -0.1) is 0 Å². The SMILES string of the molecule is Cc1cccc(C(=O)NNC(=O)COc2ccccc2Cc2ccccc2)n1. The van der Waals surface area contributed by atoms with Crippen LogP contribution in [0.3, 0.4) is 0 Å². The highest BCUT2D eigenvalue weighted by molar-refractivity contribution is 5.93. The summed E-state index contributed by atoms with van der Waals surface area (Å²) in [5.74, 6) is -0.315. The molecule has 3 aromatic rings. The second-order valence-electron chi connectivity index (χ2n) is 6.23. The summed E-state index contributed by atoms with van der Waals surface area (Å²) >= 11 is 0. The van der Waals surface area contributed by atoms with E-state index in [1.807, 2.05) is 54.6 Å². The number of para-hydroxylation sites is 1. The summed E-state index contributed by atoms with van der Waals surface area (Å²) in [6.45, 7) is 1.57. The average Bonchev–Trinajstić information content (AvgIpc) is 2.72. The Morgan fingerprint density at radius 3 is 2.43 bits per heavy atom. The maximum absolute atomic E-state index is 12.0. The van der Waals surface area contributed by atoms with Gasteiger partial charge in [-0.05, 0) is 36.2 Å². The maximum Gasteiger partial charge on any atom is 0.288 e. The van der Waals surface area contributed by atoms with Crippen molar-refractivity contribution in [3.05, 3.63) is 95.3 Å². The lowest BCUT2D eigenvalue weighted by molar-refractivity contribution is -0.123. The monoisotopic (exact) mass is 375 g/mol. The molecule has 28 heavy (non-hydrogen) atoms. The Kier molecular flexibility index (Phi) is 6.36. The molecule has 142 valence electrons. The molecule has 0 saturated carbocycles. The first-order valence-electron chi connectivity index (χ1n) is 8.89. The molecule has 6 heteroatoms. The quantitative estimate of drug-likeness (QED) is 0.649. The number of carbonyl (C=O) groups excluding carboxylic acids is 2. The smallest absolute Gasteiger partial charge is 0.288 e. The van der Waals surface area contributed by atoms with Crippen molar-refractivity contribution in [3.63, 3.8) is 0 Å². The van der Waals surface area contributed by atoms with Crippen LogP contribution in [0.1, 0.15) is 27.3 Å². The standard InChI is InChI=1S/C22H21N3O3/c1-16-8-7-12-19(23-16)22(27)25-24-21(26)15-28-20-13-6-5-11-18(20)14-17-9-3-2-4-10-17/h2-13H,14-15H2,1H3,(H,24,26)(H,25,27). The van der Waals surface area contributed by atoms with E-state index in [0.717, 1.165) is 16.8 Å². The van der Waals surface area contributed by atoms with Crippen molar-refractivity contribution in [2.24, 2.45) is 0 Å². The lowest BCUT2D eigenvalue weighted by Gasteiger charge is -2.12. The number of nitrogens with one attached hydrogen (secondary N) is 2. The molecular formula is C22H21N3O3. The first-order valence-corrected chi connectivity index (χ1v) is 8.89. The summed E-state index contributed by atoms with van der Waals surface area (Å²) < 4.78 is 5.65. The summed E-state index contributed by atoms with van der Waals surface area (Å²) in [6.07, 6.45) is 0.703. The summed E-state index contributed by atoms with van der Waals surface area (Å²) in [6, 6.07) is 22.7. The highest BCUT2D eigenvalue weighted by atomic mass is 16.5. The number of carbonyl (C=O) groups is 2.